The Morgan fingerprint density at radius 1 is 1.00 bits per heavy atom. The number of alkyl halides is 3. The van der Waals surface area contributed by atoms with Gasteiger partial charge in [-0.2, -0.15) is 13.2 Å². The molecule has 46 heavy (non-hydrogen) atoms. The molecule has 2 aliphatic heterocycles. The summed E-state index contributed by atoms with van der Waals surface area (Å²) in [6, 6.07) is 11.1. The van der Waals surface area contributed by atoms with E-state index in [9.17, 15) is 18.0 Å². The van der Waals surface area contributed by atoms with Crippen molar-refractivity contribution < 1.29 is 18.0 Å². The summed E-state index contributed by atoms with van der Waals surface area (Å²) in [6.45, 7) is 5.89. The predicted molar refractivity (Wildman–Crippen MR) is 173 cm³/mol. The molecule has 2 fully saturated rings. The standard InChI is InChI=1S/C33H35F3N8O.ClH/c1-22-6-9-26(16-30(22)42-32-39-11-10-29(41-32)25-17-37-21-38-18-25)40-31(45)23-7-8-24(28(15-23)33(34,35)36)19-44-14-4-5-27(44)20-43-12-2-3-13-43;/h6-11,15-18,21,27H,2-5,12-14,19-20H2,1H3,(H,40,45)(H,39,41,42);1H. The van der Waals surface area contributed by atoms with Crippen molar-refractivity contribution in [2.45, 2.75) is 51.4 Å². The third-order valence-corrected chi connectivity index (χ3v) is 8.47. The SMILES string of the molecule is Cc1ccc(NC(=O)c2ccc(CN3CCCC3CN3CCCC3)c(C(F)(F)F)c2)cc1Nc1nccc(-c2cncnc2)n1.Cl. The number of hydrogen-bond acceptors (Lipinski definition) is 8. The average Bonchev–Trinajstić information content (AvgIpc) is 3.71. The summed E-state index contributed by atoms with van der Waals surface area (Å²) in [5.41, 5.74) is 2.64. The Morgan fingerprint density at radius 2 is 1.78 bits per heavy atom. The summed E-state index contributed by atoms with van der Waals surface area (Å²) in [6.07, 6.45) is 6.09. The zero-order valence-corrected chi connectivity index (χ0v) is 26.2. The van der Waals surface area contributed by atoms with Gasteiger partial charge in [0, 0.05) is 60.2 Å². The number of aromatic nitrogens is 4. The second-order valence-electron chi connectivity index (χ2n) is 11.6. The van der Waals surface area contributed by atoms with Crippen molar-refractivity contribution in [2.75, 3.05) is 36.8 Å². The molecule has 1 atom stereocenters. The monoisotopic (exact) mass is 652 g/mol. The number of nitrogens with one attached hydrogen (secondary N) is 2. The summed E-state index contributed by atoms with van der Waals surface area (Å²) in [7, 11) is 0. The van der Waals surface area contributed by atoms with Gasteiger partial charge in [0.2, 0.25) is 5.95 Å². The zero-order chi connectivity index (χ0) is 31.4. The molecule has 4 heterocycles. The van der Waals surface area contributed by atoms with E-state index >= 15 is 0 Å². The van der Waals surface area contributed by atoms with Crippen LogP contribution in [0.1, 0.15) is 52.7 Å². The molecule has 2 saturated heterocycles. The molecule has 0 radical (unpaired) electrons. The minimum atomic E-state index is -4.59. The Kier molecular flexibility index (Phi) is 10.5. The molecule has 0 saturated carbocycles. The fraction of sp³-hybridized carbons (Fsp3) is 0.364. The number of anilines is 3. The van der Waals surface area contributed by atoms with E-state index in [2.05, 4.69) is 40.4 Å². The maximum atomic E-state index is 14.3. The van der Waals surface area contributed by atoms with Crippen molar-refractivity contribution in [1.29, 1.82) is 0 Å². The predicted octanol–water partition coefficient (Wildman–Crippen LogP) is 6.74. The maximum absolute atomic E-state index is 14.3. The topological polar surface area (TPSA) is 99.2 Å². The van der Waals surface area contributed by atoms with Crippen LogP contribution in [0.3, 0.4) is 0 Å². The maximum Gasteiger partial charge on any atom is 0.416 e. The Bertz CT molecular complexity index is 1650. The summed E-state index contributed by atoms with van der Waals surface area (Å²) in [5.74, 6) is -0.300. The van der Waals surface area contributed by atoms with Gasteiger partial charge in [0.1, 0.15) is 6.33 Å². The highest BCUT2D eigenvalue weighted by atomic mass is 35.5. The zero-order valence-electron chi connectivity index (χ0n) is 25.4. The molecule has 2 aromatic carbocycles. The van der Waals surface area contributed by atoms with Gasteiger partial charge >= 0.3 is 6.18 Å². The highest BCUT2D eigenvalue weighted by Crippen LogP contribution is 2.35. The summed E-state index contributed by atoms with van der Waals surface area (Å²) in [4.78, 5) is 34.6. The number of likely N-dealkylation sites (tertiary alicyclic amines) is 2. The number of carbonyl (C=O) groups excluding carboxylic acids is 1. The van der Waals surface area contributed by atoms with E-state index in [0.29, 0.717) is 23.0 Å². The molecule has 242 valence electrons. The molecular formula is C33H36ClF3N8O. The van der Waals surface area contributed by atoms with Crippen LogP contribution >= 0.6 is 12.4 Å². The van der Waals surface area contributed by atoms with Crippen LogP contribution in [0.25, 0.3) is 11.3 Å². The van der Waals surface area contributed by atoms with E-state index in [1.807, 2.05) is 6.92 Å². The van der Waals surface area contributed by atoms with Crippen LogP contribution in [0.2, 0.25) is 0 Å². The summed E-state index contributed by atoms with van der Waals surface area (Å²) >= 11 is 0. The molecule has 2 N–H and O–H groups in total. The van der Waals surface area contributed by atoms with Crippen LogP contribution < -0.4 is 10.6 Å². The smallest absolute Gasteiger partial charge is 0.324 e. The van der Waals surface area contributed by atoms with E-state index < -0.39 is 17.6 Å². The average molecular weight is 653 g/mol. The molecule has 2 aromatic heterocycles. The van der Waals surface area contributed by atoms with E-state index in [-0.39, 0.29) is 36.1 Å². The first-order valence-electron chi connectivity index (χ1n) is 15.2. The van der Waals surface area contributed by atoms with Crippen LogP contribution in [0.4, 0.5) is 30.5 Å². The highest BCUT2D eigenvalue weighted by molar-refractivity contribution is 6.04. The number of carbonyl (C=O) groups is 1. The van der Waals surface area contributed by atoms with Crippen molar-refractivity contribution >= 4 is 35.6 Å². The Balaban J connectivity index is 0.00000417. The van der Waals surface area contributed by atoms with Gasteiger partial charge in [-0.1, -0.05) is 12.1 Å². The van der Waals surface area contributed by atoms with Crippen LogP contribution in [0, 0.1) is 6.92 Å². The Hall–Kier alpha value is -4.13. The highest BCUT2D eigenvalue weighted by Gasteiger charge is 2.36. The first-order valence-corrected chi connectivity index (χ1v) is 15.2. The van der Waals surface area contributed by atoms with Crippen molar-refractivity contribution in [3.63, 3.8) is 0 Å². The largest absolute Gasteiger partial charge is 0.416 e. The van der Waals surface area contributed by atoms with Gasteiger partial charge < -0.3 is 15.5 Å². The normalized spacial score (nSPS) is 17.1. The molecule has 0 aliphatic carbocycles. The molecule has 6 rings (SSSR count). The number of rotatable bonds is 9. The van der Waals surface area contributed by atoms with Crippen LogP contribution in [-0.2, 0) is 12.7 Å². The fourth-order valence-electron chi connectivity index (χ4n) is 6.08. The first kappa shape index (κ1) is 33.2. The first-order chi connectivity index (χ1) is 21.7. The lowest BCUT2D eigenvalue weighted by Crippen LogP contribution is -2.39. The summed E-state index contributed by atoms with van der Waals surface area (Å²) in [5, 5.41) is 5.91. The van der Waals surface area contributed by atoms with E-state index in [1.165, 1.54) is 31.3 Å². The van der Waals surface area contributed by atoms with Gasteiger partial charge in [-0.05, 0) is 93.7 Å². The quantitative estimate of drug-likeness (QED) is 0.205. The number of halogens is 4. The molecular weight excluding hydrogens is 617 g/mol. The molecule has 1 amide bonds. The Morgan fingerprint density at radius 3 is 2.54 bits per heavy atom. The lowest BCUT2D eigenvalue weighted by molar-refractivity contribution is -0.138. The van der Waals surface area contributed by atoms with Crippen LogP contribution in [-0.4, -0.2) is 67.9 Å². The molecule has 4 aromatic rings. The summed E-state index contributed by atoms with van der Waals surface area (Å²) < 4.78 is 42.8. The van der Waals surface area contributed by atoms with Crippen molar-refractivity contribution in [3.05, 3.63) is 89.6 Å². The molecule has 2 aliphatic rings. The molecule has 0 bridgehead atoms. The second-order valence-corrected chi connectivity index (χ2v) is 11.6. The number of aryl methyl sites for hydroxylation is 1. The van der Waals surface area contributed by atoms with Crippen molar-refractivity contribution in [1.82, 2.24) is 29.7 Å². The fourth-order valence-corrected chi connectivity index (χ4v) is 6.08. The molecule has 13 heteroatoms. The number of nitrogens with zero attached hydrogens (tertiary/aromatic N) is 6. The van der Waals surface area contributed by atoms with Gasteiger partial charge in [-0.15, -0.1) is 12.4 Å². The third kappa shape index (κ3) is 7.98. The lowest BCUT2D eigenvalue weighted by Gasteiger charge is -2.29. The minimum absolute atomic E-state index is 0. The Labute approximate surface area is 272 Å². The van der Waals surface area contributed by atoms with Crippen LogP contribution in [0.15, 0.2) is 67.4 Å². The van der Waals surface area contributed by atoms with Crippen LogP contribution in [0.5, 0.6) is 0 Å². The van der Waals surface area contributed by atoms with E-state index in [1.54, 1.807) is 42.9 Å². The molecule has 0 spiro atoms. The number of benzene rings is 2. The van der Waals surface area contributed by atoms with Gasteiger partial charge in [-0.3, -0.25) is 9.69 Å². The van der Waals surface area contributed by atoms with Gasteiger partial charge in [0.15, 0.2) is 0 Å². The van der Waals surface area contributed by atoms with Gasteiger partial charge in [0.05, 0.1) is 11.3 Å². The molecule has 9 nitrogen and oxygen atoms in total. The third-order valence-electron chi connectivity index (χ3n) is 8.47. The lowest BCUT2D eigenvalue weighted by atomic mass is 10.0. The second kappa shape index (κ2) is 14.5. The minimum Gasteiger partial charge on any atom is -0.324 e. The van der Waals surface area contributed by atoms with E-state index in [4.69, 9.17) is 0 Å². The number of hydrogen-bond donors (Lipinski definition) is 2. The van der Waals surface area contributed by atoms with Gasteiger partial charge in [-0.25, -0.2) is 19.9 Å². The van der Waals surface area contributed by atoms with Crippen molar-refractivity contribution in [3.8, 4) is 11.3 Å². The number of amides is 1. The van der Waals surface area contributed by atoms with Gasteiger partial charge in [0.25, 0.3) is 5.91 Å². The van der Waals surface area contributed by atoms with E-state index in [0.717, 1.165) is 56.2 Å². The molecule has 1 unspecified atom stereocenters. The van der Waals surface area contributed by atoms with Crippen molar-refractivity contribution in [2.24, 2.45) is 0 Å².